The van der Waals surface area contributed by atoms with Gasteiger partial charge in [0.05, 0.1) is 13.9 Å². The molecule has 0 N–H and O–H groups in total. The predicted octanol–water partition coefficient (Wildman–Crippen LogP) is 3.22. The molecule has 0 nitrogen and oxygen atoms in total. The van der Waals surface area contributed by atoms with E-state index in [1.54, 1.807) is 6.92 Å². The van der Waals surface area contributed by atoms with Crippen LogP contribution in [0.4, 0.5) is 8.78 Å². The van der Waals surface area contributed by atoms with Gasteiger partial charge in [0, 0.05) is 0 Å². The maximum Gasteiger partial charge on any atom is 0.0891 e. The standard InChI is InChI=1S/C3H7F.CH3F.2CH4/c1-2-3-4;1-2;;/h2-3H2,1H3;1H3;2*1H4. The van der Waals surface area contributed by atoms with E-state index >= 15 is 0 Å². The number of rotatable bonds is 1. The molecule has 0 rings (SSSR count). The summed E-state index contributed by atoms with van der Waals surface area (Å²) in [6.07, 6.45) is 0.653. The molecule has 0 fully saturated rings. The van der Waals surface area contributed by atoms with Gasteiger partial charge in [0.1, 0.15) is 0 Å². The van der Waals surface area contributed by atoms with Crippen molar-refractivity contribution in [1.29, 1.82) is 0 Å². The molecular formula is C6H18F2. The normalized spacial score (nSPS) is 4.50. The highest BCUT2D eigenvalue weighted by Gasteiger charge is 1.60. The Morgan fingerprint density at radius 1 is 1.12 bits per heavy atom. The van der Waals surface area contributed by atoms with E-state index in [0.29, 0.717) is 13.6 Å². The Morgan fingerprint density at radius 3 is 1.25 bits per heavy atom. The molecule has 0 aliphatic rings. The highest BCUT2D eigenvalue weighted by Crippen LogP contribution is 1.69. The summed E-state index contributed by atoms with van der Waals surface area (Å²) in [5.41, 5.74) is 0. The molecule has 0 saturated carbocycles. The van der Waals surface area contributed by atoms with Crippen molar-refractivity contribution in [1.82, 2.24) is 0 Å². The molecule has 0 radical (unpaired) electrons. The fraction of sp³-hybridized carbons (Fsp3) is 1.00. The van der Waals surface area contributed by atoms with E-state index in [2.05, 4.69) is 0 Å². The molecule has 56 valence electrons. The van der Waals surface area contributed by atoms with Gasteiger partial charge in [-0.2, -0.15) is 0 Å². The van der Waals surface area contributed by atoms with Gasteiger partial charge in [-0.3, -0.25) is 8.78 Å². The largest absolute Gasteiger partial charge is 0.255 e. The van der Waals surface area contributed by atoms with Crippen molar-refractivity contribution in [2.75, 3.05) is 13.9 Å². The van der Waals surface area contributed by atoms with Gasteiger partial charge in [0.2, 0.25) is 0 Å². The monoisotopic (exact) mass is 128 g/mol. The van der Waals surface area contributed by atoms with Crippen LogP contribution in [0.15, 0.2) is 0 Å². The molecule has 0 aromatic rings. The Bertz CT molecular complexity index is 8.49. The number of hydrogen-bond donors (Lipinski definition) is 0. The predicted molar refractivity (Wildman–Crippen MR) is 36.8 cm³/mol. The van der Waals surface area contributed by atoms with Gasteiger partial charge in [-0.05, 0) is 6.42 Å². The van der Waals surface area contributed by atoms with Gasteiger partial charge < -0.3 is 0 Å². The lowest BCUT2D eigenvalue weighted by Crippen LogP contribution is -1.58. The van der Waals surface area contributed by atoms with Gasteiger partial charge in [-0.1, -0.05) is 21.8 Å². The molecule has 2 heteroatoms. The minimum atomic E-state index is -0.181. The summed E-state index contributed by atoms with van der Waals surface area (Å²) >= 11 is 0. The van der Waals surface area contributed by atoms with E-state index < -0.39 is 0 Å². The van der Waals surface area contributed by atoms with E-state index in [9.17, 15) is 8.78 Å². The molecule has 0 spiro atoms. The Labute approximate surface area is 51.9 Å². The Kier molecular flexibility index (Phi) is 211. The first-order valence-electron chi connectivity index (χ1n) is 1.85. The lowest BCUT2D eigenvalue weighted by Gasteiger charge is -1.64. The summed E-state index contributed by atoms with van der Waals surface area (Å²) < 4.78 is 20.2. The third-order valence-corrected chi connectivity index (χ3v) is 0.189. The van der Waals surface area contributed by atoms with Crippen molar-refractivity contribution in [2.24, 2.45) is 0 Å². The summed E-state index contributed by atoms with van der Waals surface area (Å²) in [6, 6.07) is 0. The topological polar surface area (TPSA) is 0 Å². The molecular weight excluding hydrogens is 110 g/mol. The summed E-state index contributed by atoms with van der Waals surface area (Å²) in [5.74, 6) is 0. The molecule has 0 bridgehead atoms. The Hall–Kier alpha value is -0.140. The van der Waals surface area contributed by atoms with E-state index in [1.165, 1.54) is 0 Å². The number of alkyl halides is 2. The Morgan fingerprint density at radius 2 is 1.25 bits per heavy atom. The van der Waals surface area contributed by atoms with Crippen molar-refractivity contribution < 1.29 is 8.78 Å². The molecule has 0 atom stereocenters. The van der Waals surface area contributed by atoms with Gasteiger partial charge in [-0.25, -0.2) is 0 Å². The van der Waals surface area contributed by atoms with Gasteiger partial charge in [-0.15, -0.1) is 0 Å². The molecule has 0 saturated heterocycles. The molecule has 0 aromatic heterocycles. The average Bonchev–Trinajstić information content (AvgIpc) is 1.72. The lowest BCUT2D eigenvalue weighted by atomic mass is 10.6. The zero-order chi connectivity index (χ0) is 5.41. The van der Waals surface area contributed by atoms with Crippen LogP contribution in [0.1, 0.15) is 28.2 Å². The van der Waals surface area contributed by atoms with Crippen LogP contribution in [0.5, 0.6) is 0 Å². The second-order valence-corrected chi connectivity index (χ2v) is 0.689. The first-order chi connectivity index (χ1) is 2.91. The fourth-order valence-electron chi connectivity index (χ4n) is 0. The zero-order valence-electron chi connectivity index (χ0n) is 4.17. The van der Waals surface area contributed by atoms with Crippen molar-refractivity contribution >= 4 is 0 Å². The highest BCUT2D eigenvalue weighted by molar-refractivity contribution is 4.11. The lowest BCUT2D eigenvalue weighted by molar-refractivity contribution is 0.487. The van der Waals surface area contributed by atoms with E-state index in [4.69, 9.17) is 0 Å². The second kappa shape index (κ2) is 68.1. The smallest absolute Gasteiger partial charge is 0.0891 e. The van der Waals surface area contributed by atoms with Crippen LogP contribution in [0.25, 0.3) is 0 Å². The minimum absolute atomic E-state index is 0. The van der Waals surface area contributed by atoms with E-state index in [-0.39, 0.29) is 21.5 Å². The van der Waals surface area contributed by atoms with Crippen LogP contribution in [0.3, 0.4) is 0 Å². The summed E-state index contributed by atoms with van der Waals surface area (Å²) in [5, 5.41) is 0. The maximum absolute atomic E-state index is 10.7. The zero-order valence-corrected chi connectivity index (χ0v) is 4.17. The van der Waals surface area contributed by atoms with Crippen LogP contribution in [-0.2, 0) is 0 Å². The molecule has 0 aliphatic carbocycles. The average molecular weight is 128 g/mol. The third-order valence-electron chi connectivity index (χ3n) is 0.189. The van der Waals surface area contributed by atoms with Crippen molar-refractivity contribution in [3.8, 4) is 0 Å². The van der Waals surface area contributed by atoms with Crippen LogP contribution in [-0.4, -0.2) is 13.9 Å². The van der Waals surface area contributed by atoms with Crippen LogP contribution >= 0.6 is 0 Å². The van der Waals surface area contributed by atoms with E-state index in [0.717, 1.165) is 0 Å². The minimum Gasteiger partial charge on any atom is -0.255 e. The summed E-state index contributed by atoms with van der Waals surface area (Å²) in [4.78, 5) is 0. The molecule has 0 unspecified atom stereocenters. The Balaban J connectivity index is -0.0000000183. The second-order valence-electron chi connectivity index (χ2n) is 0.689. The maximum atomic E-state index is 10.7. The highest BCUT2D eigenvalue weighted by atomic mass is 19.1. The fourth-order valence-corrected chi connectivity index (χ4v) is 0. The molecule has 0 amide bonds. The molecule has 0 heterocycles. The van der Waals surface area contributed by atoms with Crippen LogP contribution in [0, 0.1) is 0 Å². The van der Waals surface area contributed by atoms with Gasteiger partial charge in [0.25, 0.3) is 0 Å². The first-order valence-corrected chi connectivity index (χ1v) is 1.85. The van der Waals surface area contributed by atoms with Crippen molar-refractivity contribution in [3.05, 3.63) is 0 Å². The summed E-state index contributed by atoms with van der Waals surface area (Å²) in [7, 11) is 0.500. The third kappa shape index (κ3) is 187. The molecule has 0 aromatic carbocycles. The van der Waals surface area contributed by atoms with E-state index in [1.807, 2.05) is 0 Å². The van der Waals surface area contributed by atoms with Crippen LogP contribution in [0.2, 0.25) is 0 Å². The van der Waals surface area contributed by atoms with Crippen LogP contribution < -0.4 is 0 Å². The van der Waals surface area contributed by atoms with Gasteiger partial charge in [0.15, 0.2) is 0 Å². The van der Waals surface area contributed by atoms with Crippen molar-refractivity contribution in [3.63, 3.8) is 0 Å². The summed E-state index contributed by atoms with van der Waals surface area (Å²) in [6.45, 7) is 1.62. The van der Waals surface area contributed by atoms with Gasteiger partial charge >= 0.3 is 0 Å². The number of halogens is 2. The number of hydrogen-bond acceptors (Lipinski definition) is 0. The molecule has 8 heavy (non-hydrogen) atoms. The SMILES string of the molecule is C.C.CCCF.CF. The van der Waals surface area contributed by atoms with Crippen molar-refractivity contribution in [2.45, 2.75) is 28.2 Å². The quantitative estimate of drug-likeness (QED) is 0.508. The molecule has 0 aliphatic heterocycles. The first kappa shape index (κ1) is 24.8.